The first-order valence-electron chi connectivity index (χ1n) is 14.3. The lowest BCUT2D eigenvalue weighted by Gasteiger charge is -2.10. The van der Waals surface area contributed by atoms with E-state index in [2.05, 4.69) is 22.2 Å². The van der Waals surface area contributed by atoms with Crippen molar-refractivity contribution in [1.29, 1.82) is 0 Å². The number of halogens is 1. The van der Waals surface area contributed by atoms with Gasteiger partial charge in [0.25, 0.3) is 5.01 Å². The third kappa shape index (κ3) is 10.8. The first kappa shape index (κ1) is 30.2. The monoisotopic (exact) mass is 555 g/mol. The van der Waals surface area contributed by atoms with Crippen molar-refractivity contribution >= 4 is 34.5 Å². The van der Waals surface area contributed by atoms with Crippen LogP contribution in [-0.2, 0) is 18.3 Å². The van der Waals surface area contributed by atoms with Gasteiger partial charge in [-0.05, 0) is 42.3 Å². The van der Waals surface area contributed by atoms with E-state index in [1.54, 1.807) is 11.3 Å². The van der Waals surface area contributed by atoms with Gasteiger partial charge in [-0.3, -0.25) is 4.79 Å². The van der Waals surface area contributed by atoms with Crippen LogP contribution < -0.4 is 14.6 Å². The van der Waals surface area contributed by atoms with E-state index in [1.807, 2.05) is 55.7 Å². The molecule has 1 amide bonds. The molecule has 3 rings (SSSR count). The van der Waals surface area contributed by atoms with Crippen molar-refractivity contribution in [2.45, 2.75) is 90.4 Å². The summed E-state index contributed by atoms with van der Waals surface area (Å²) < 4.78 is 7.98. The number of aryl methyl sites for hydroxylation is 1. The van der Waals surface area contributed by atoms with Crippen molar-refractivity contribution in [3.8, 4) is 16.3 Å². The Labute approximate surface area is 238 Å². The molecule has 206 valence electrons. The summed E-state index contributed by atoms with van der Waals surface area (Å²) in [6.07, 6.45) is 18.2. The van der Waals surface area contributed by atoms with Crippen LogP contribution in [0.15, 0.2) is 54.0 Å². The Hall–Kier alpha value is -2.37. The number of unbranched alkanes of at least 4 members (excludes halogenated alkanes) is 11. The maximum Gasteiger partial charge on any atom is 0.268 e. The highest BCUT2D eigenvalue weighted by Crippen LogP contribution is 2.25. The van der Waals surface area contributed by atoms with Gasteiger partial charge < -0.3 is 10.1 Å². The van der Waals surface area contributed by atoms with E-state index < -0.39 is 0 Å². The molecule has 6 heteroatoms. The van der Waals surface area contributed by atoms with Crippen LogP contribution in [0.4, 0.5) is 5.69 Å². The maximum atomic E-state index is 12.7. The minimum atomic E-state index is -0.0928. The first-order chi connectivity index (χ1) is 18.6. The van der Waals surface area contributed by atoms with Crippen LogP contribution in [0, 0.1) is 0 Å². The van der Waals surface area contributed by atoms with Crippen molar-refractivity contribution in [1.82, 2.24) is 0 Å². The van der Waals surface area contributed by atoms with E-state index in [9.17, 15) is 4.79 Å². The lowest BCUT2D eigenvalue weighted by atomic mass is 10.1. The molecular weight excluding hydrogens is 512 g/mol. The predicted molar refractivity (Wildman–Crippen MR) is 161 cm³/mol. The van der Waals surface area contributed by atoms with Crippen LogP contribution in [0.2, 0.25) is 5.02 Å². The summed E-state index contributed by atoms with van der Waals surface area (Å²) in [7, 11) is 2.02. The van der Waals surface area contributed by atoms with Crippen LogP contribution in [0.1, 0.15) is 89.5 Å². The van der Waals surface area contributed by atoms with Crippen molar-refractivity contribution < 1.29 is 14.1 Å². The van der Waals surface area contributed by atoms with Gasteiger partial charge in [0.05, 0.1) is 24.0 Å². The molecule has 0 unspecified atom stereocenters. The van der Waals surface area contributed by atoms with Gasteiger partial charge in [-0.15, -0.1) is 0 Å². The molecule has 0 radical (unpaired) electrons. The molecule has 3 aromatic rings. The molecule has 0 saturated heterocycles. The Morgan fingerprint density at radius 3 is 2.24 bits per heavy atom. The number of nitrogens with one attached hydrogen (secondary N) is 1. The van der Waals surface area contributed by atoms with Crippen LogP contribution in [0.25, 0.3) is 10.6 Å². The van der Waals surface area contributed by atoms with E-state index in [0.29, 0.717) is 11.6 Å². The molecule has 38 heavy (non-hydrogen) atoms. The average molecular weight is 556 g/mol. The Morgan fingerprint density at radius 1 is 0.921 bits per heavy atom. The molecule has 1 N–H and O–H groups in total. The Kier molecular flexibility index (Phi) is 13.7. The fourth-order valence-corrected chi connectivity index (χ4v) is 5.71. The lowest BCUT2D eigenvalue weighted by Crippen LogP contribution is -2.26. The van der Waals surface area contributed by atoms with Crippen LogP contribution >= 0.6 is 22.9 Å². The number of rotatable bonds is 18. The van der Waals surface area contributed by atoms with Gasteiger partial charge in [0, 0.05) is 10.7 Å². The Balaban J connectivity index is 1.31. The van der Waals surface area contributed by atoms with Gasteiger partial charge in [-0.2, -0.15) is 4.57 Å². The molecule has 0 aliphatic rings. The van der Waals surface area contributed by atoms with Crippen LogP contribution in [0.3, 0.4) is 0 Å². The van der Waals surface area contributed by atoms with E-state index in [4.69, 9.17) is 16.3 Å². The zero-order valence-electron chi connectivity index (χ0n) is 23.1. The van der Waals surface area contributed by atoms with Crippen molar-refractivity contribution in [3.05, 3.63) is 64.6 Å². The molecule has 2 aromatic carbocycles. The number of carbonyl (C=O) groups excluding carboxylic acids is 1. The van der Waals surface area contributed by atoms with Crippen molar-refractivity contribution in [2.75, 3.05) is 11.9 Å². The van der Waals surface area contributed by atoms with E-state index in [0.717, 1.165) is 34.0 Å². The number of hydrogen-bond acceptors (Lipinski definition) is 3. The molecule has 1 heterocycles. The number of nitrogens with zero attached hydrogens (tertiary/aromatic N) is 1. The molecule has 0 aliphatic carbocycles. The third-order valence-electron chi connectivity index (χ3n) is 6.82. The molecule has 0 saturated carbocycles. The van der Waals surface area contributed by atoms with Gasteiger partial charge in [-0.1, -0.05) is 113 Å². The molecular formula is C32H44ClN2O2S+. The van der Waals surface area contributed by atoms with Gasteiger partial charge in [0.2, 0.25) is 5.91 Å². The van der Waals surface area contributed by atoms with E-state index >= 15 is 0 Å². The van der Waals surface area contributed by atoms with Crippen LogP contribution in [-0.4, -0.2) is 12.5 Å². The first-order valence-corrected chi connectivity index (χ1v) is 15.6. The number of anilines is 1. The summed E-state index contributed by atoms with van der Waals surface area (Å²) in [5.74, 6) is 0.670. The summed E-state index contributed by atoms with van der Waals surface area (Å²) in [6.45, 7) is 2.97. The zero-order chi connectivity index (χ0) is 27.0. The molecule has 4 nitrogen and oxygen atoms in total. The number of hydrogen-bond donors (Lipinski definition) is 1. The second-order valence-corrected chi connectivity index (χ2v) is 11.4. The minimum absolute atomic E-state index is 0.0928. The fraction of sp³-hybridized carbons (Fsp3) is 0.500. The molecule has 0 fully saturated rings. The highest BCUT2D eigenvalue weighted by molar-refractivity contribution is 7.12. The summed E-state index contributed by atoms with van der Waals surface area (Å²) in [5.41, 5.74) is 2.65. The number of aromatic nitrogens is 1. The summed E-state index contributed by atoms with van der Waals surface area (Å²) in [4.78, 5) is 12.7. The van der Waals surface area contributed by atoms with Crippen molar-refractivity contribution in [3.63, 3.8) is 0 Å². The largest absolute Gasteiger partial charge is 0.494 e. The summed E-state index contributed by atoms with van der Waals surface area (Å²) >= 11 is 8.16. The average Bonchev–Trinajstić information content (AvgIpc) is 3.34. The third-order valence-corrected chi connectivity index (χ3v) is 8.18. The number of carbonyl (C=O) groups is 1. The number of ether oxygens (including phenoxy) is 1. The second kappa shape index (κ2) is 17.3. The smallest absolute Gasteiger partial charge is 0.268 e. The second-order valence-electron chi connectivity index (χ2n) is 10.1. The van der Waals surface area contributed by atoms with E-state index in [-0.39, 0.29) is 12.3 Å². The molecule has 0 aliphatic heterocycles. The Bertz CT molecular complexity index is 1110. The molecule has 0 atom stereocenters. The topological polar surface area (TPSA) is 42.2 Å². The SMILES string of the molecule is CCCCCCCCCCCCCCOc1ccc(CC(=O)Nc2cccc(-c3scc[n+]3C)c2)c(Cl)c1. The summed E-state index contributed by atoms with van der Waals surface area (Å²) in [5, 5.41) is 6.75. The number of benzene rings is 2. The van der Waals surface area contributed by atoms with Gasteiger partial charge in [0.1, 0.15) is 12.8 Å². The van der Waals surface area contributed by atoms with Gasteiger partial charge in [-0.25, -0.2) is 0 Å². The molecule has 0 spiro atoms. The number of amides is 1. The normalized spacial score (nSPS) is 11.0. The number of thiazole rings is 1. The minimum Gasteiger partial charge on any atom is -0.494 e. The maximum absolute atomic E-state index is 12.7. The standard InChI is InChI=1S/C32H43ClN2O2S/c1-3-4-5-6-7-8-9-10-11-12-13-14-21-37-29-19-18-26(30(33)25-29)24-31(36)34-28-17-15-16-27(23-28)32-35(2)20-22-38-32/h15-20,22-23,25H,3-14,21,24H2,1-2H3/p+1. The summed E-state index contributed by atoms with van der Waals surface area (Å²) in [6, 6.07) is 13.5. The molecule has 0 bridgehead atoms. The quantitative estimate of drug-likeness (QED) is 0.125. The van der Waals surface area contributed by atoms with Crippen molar-refractivity contribution in [2.24, 2.45) is 7.05 Å². The zero-order valence-corrected chi connectivity index (χ0v) is 24.7. The molecule has 1 aromatic heterocycles. The van der Waals surface area contributed by atoms with Gasteiger partial charge >= 0.3 is 0 Å². The Morgan fingerprint density at radius 2 is 1.61 bits per heavy atom. The highest BCUT2D eigenvalue weighted by Gasteiger charge is 2.13. The van der Waals surface area contributed by atoms with E-state index in [1.165, 1.54) is 70.6 Å². The van der Waals surface area contributed by atoms with Gasteiger partial charge in [0.15, 0.2) is 6.20 Å². The lowest BCUT2D eigenvalue weighted by molar-refractivity contribution is -0.655. The van der Waals surface area contributed by atoms with Crippen LogP contribution in [0.5, 0.6) is 5.75 Å². The highest BCUT2D eigenvalue weighted by atomic mass is 35.5. The predicted octanol–water partition coefficient (Wildman–Crippen LogP) is 9.15. The fourth-order valence-electron chi connectivity index (χ4n) is 4.61.